The molecule has 2 aliphatic carbocycles. The average Bonchev–Trinajstić information content (AvgIpc) is 3.58. The van der Waals surface area contributed by atoms with Crippen molar-refractivity contribution in [2.75, 3.05) is 13.7 Å². The Bertz CT molecular complexity index is 1100. The highest BCUT2D eigenvalue weighted by molar-refractivity contribution is 5.91. The number of esters is 2. The van der Waals surface area contributed by atoms with Crippen LogP contribution in [0, 0.1) is 22.7 Å². The first-order valence-corrected chi connectivity index (χ1v) is 13.1. The van der Waals surface area contributed by atoms with Crippen LogP contribution in [0.2, 0.25) is 0 Å². The van der Waals surface area contributed by atoms with Gasteiger partial charge in [-0.3, -0.25) is 4.79 Å². The maximum absolute atomic E-state index is 13.2. The standard InChI is InChI=1S/C27H36O12/c1-26(9-16(12-4-5-36-11-12)37-25-22(32)21(31)20(30)17(10-28)38-25)14-8-19(39-24(14)34)27(2)15(23(33)35-3)6-13(29)7-18(26)27/h4-6,11,13-14,16-22,25,28-32H,7-10H2,1-3H3/t13-,14-,16?,17+,18-,19-,20+,21-,22+,25+,26+,27-/m0/s1. The second-order valence-corrected chi connectivity index (χ2v) is 11.5. The molecular weight excluding hydrogens is 516 g/mol. The summed E-state index contributed by atoms with van der Waals surface area (Å²) in [5, 5.41) is 51.5. The Morgan fingerprint density at radius 1 is 1.15 bits per heavy atom. The smallest absolute Gasteiger partial charge is 0.334 e. The number of aliphatic hydroxyl groups excluding tert-OH is 5. The molecule has 12 heteroatoms. The molecule has 1 saturated carbocycles. The van der Waals surface area contributed by atoms with Crippen LogP contribution in [0.3, 0.4) is 0 Å². The molecule has 1 aromatic heterocycles. The minimum atomic E-state index is -1.63. The summed E-state index contributed by atoms with van der Waals surface area (Å²) < 4.78 is 28.0. The fourth-order valence-corrected chi connectivity index (χ4v) is 7.32. The van der Waals surface area contributed by atoms with Crippen molar-refractivity contribution in [1.82, 2.24) is 0 Å². The van der Waals surface area contributed by atoms with Crippen LogP contribution in [-0.4, -0.2) is 94.1 Å². The van der Waals surface area contributed by atoms with Gasteiger partial charge in [-0.1, -0.05) is 13.8 Å². The largest absolute Gasteiger partial charge is 0.472 e. The van der Waals surface area contributed by atoms with E-state index in [1.165, 1.54) is 25.7 Å². The lowest BCUT2D eigenvalue weighted by atomic mass is 9.46. The number of hydrogen-bond donors (Lipinski definition) is 5. The quantitative estimate of drug-likeness (QED) is 0.285. The van der Waals surface area contributed by atoms with Crippen molar-refractivity contribution < 1.29 is 58.5 Å². The average molecular weight is 553 g/mol. The summed E-state index contributed by atoms with van der Waals surface area (Å²) in [4.78, 5) is 26.1. The van der Waals surface area contributed by atoms with Crippen LogP contribution >= 0.6 is 0 Å². The van der Waals surface area contributed by atoms with E-state index < -0.39 is 90.2 Å². The van der Waals surface area contributed by atoms with Crippen LogP contribution in [0.5, 0.6) is 0 Å². The minimum absolute atomic E-state index is 0.162. The monoisotopic (exact) mass is 552 g/mol. The van der Waals surface area contributed by atoms with Crippen LogP contribution in [0.25, 0.3) is 0 Å². The number of hydrogen-bond acceptors (Lipinski definition) is 12. The van der Waals surface area contributed by atoms with Crippen LogP contribution in [0.15, 0.2) is 34.7 Å². The number of aliphatic hydroxyl groups is 5. The summed E-state index contributed by atoms with van der Waals surface area (Å²) in [5.74, 6) is -2.00. The zero-order valence-corrected chi connectivity index (χ0v) is 22.0. The fourth-order valence-electron chi connectivity index (χ4n) is 7.32. The normalized spacial score (nSPS) is 44.3. The molecular formula is C27H36O12. The molecule has 3 fully saturated rings. The molecule has 2 saturated heterocycles. The summed E-state index contributed by atoms with van der Waals surface area (Å²) in [6.07, 6.45) is -4.65. The van der Waals surface area contributed by atoms with Crippen molar-refractivity contribution in [1.29, 1.82) is 0 Å². The van der Waals surface area contributed by atoms with E-state index in [1.807, 2.05) is 13.8 Å². The number of ether oxygens (including phenoxy) is 4. The van der Waals surface area contributed by atoms with E-state index in [2.05, 4.69) is 0 Å². The van der Waals surface area contributed by atoms with Gasteiger partial charge < -0.3 is 48.9 Å². The van der Waals surface area contributed by atoms with Gasteiger partial charge in [-0.05, 0) is 42.7 Å². The van der Waals surface area contributed by atoms with E-state index in [0.717, 1.165) is 0 Å². The fraction of sp³-hybridized carbons (Fsp3) is 0.704. The maximum atomic E-state index is 13.2. The maximum Gasteiger partial charge on any atom is 0.334 e. The Balaban J connectivity index is 1.53. The molecule has 12 nitrogen and oxygen atoms in total. The van der Waals surface area contributed by atoms with Crippen molar-refractivity contribution in [2.24, 2.45) is 22.7 Å². The van der Waals surface area contributed by atoms with E-state index in [1.54, 1.807) is 6.07 Å². The third-order valence-corrected chi connectivity index (χ3v) is 9.49. The van der Waals surface area contributed by atoms with Gasteiger partial charge >= 0.3 is 11.9 Å². The molecule has 1 aromatic rings. The zero-order valence-electron chi connectivity index (χ0n) is 22.0. The number of carbonyl (C=O) groups is 2. The molecule has 5 rings (SSSR count). The van der Waals surface area contributed by atoms with Gasteiger partial charge in [0.1, 0.15) is 30.5 Å². The summed E-state index contributed by atoms with van der Waals surface area (Å²) in [7, 11) is 1.26. The summed E-state index contributed by atoms with van der Waals surface area (Å²) in [5.41, 5.74) is -1.02. The molecule has 5 N–H and O–H groups in total. The van der Waals surface area contributed by atoms with Gasteiger partial charge in [0.2, 0.25) is 0 Å². The van der Waals surface area contributed by atoms with Gasteiger partial charge in [0.25, 0.3) is 0 Å². The van der Waals surface area contributed by atoms with Crippen molar-refractivity contribution in [3.63, 3.8) is 0 Å². The Morgan fingerprint density at radius 3 is 2.54 bits per heavy atom. The van der Waals surface area contributed by atoms with Crippen LogP contribution < -0.4 is 0 Å². The number of fused-ring (bicyclic) bond motifs is 4. The molecule has 216 valence electrons. The molecule has 0 aromatic carbocycles. The first-order valence-electron chi connectivity index (χ1n) is 13.1. The number of carbonyl (C=O) groups excluding carboxylic acids is 2. The van der Waals surface area contributed by atoms with Gasteiger partial charge in [-0.25, -0.2) is 4.79 Å². The van der Waals surface area contributed by atoms with Crippen molar-refractivity contribution in [3.8, 4) is 0 Å². The van der Waals surface area contributed by atoms with Gasteiger partial charge in [0, 0.05) is 16.6 Å². The second kappa shape index (κ2) is 10.3. The molecule has 4 aliphatic rings. The highest BCUT2D eigenvalue weighted by Crippen LogP contribution is 2.66. The summed E-state index contributed by atoms with van der Waals surface area (Å²) in [6, 6.07) is 1.66. The van der Waals surface area contributed by atoms with Crippen molar-refractivity contribution in [2.45, 2.75) is 82.1 Å². The second-order valence-electron chi connectivity index (χ2n) is 11.5. The number of methoxy groups -OCH3 is 1. The molecule has 0 amide bonds. The zero-order chi connectivity index (χ0) is 28.3. The van der Waals surface area contributed by atoms with Gasteiger partial charge in [0.15, 0.2) is 6.29 Å². The SMILES string of the molecule is COC(=O)C1=C[C@H](O)C[C@H]2[C@](C)(CC(O[C@@H]3O[C@H](CO)[C@@H](O)[C@H](O)[C@H]3O)c3ccoc3)[C@H]3C[C@H](OC3=O)[C@@]12C. The highest BCUT2D eigenvalue weighted by Gasteiger charge is 2.68. The summed E-state index contributed by atoms with van der Waals surface area (Å²) >= 11 is 0. The topological polar surface area (TPSA) is 185 Å². The van der Waals surface area contributed by atoms with Crippen LogP contribution in [-0.2, 0) is 28.5 Å². The molecule has 0 radical (unpaired) electrons. The molecule has 39 heavy (non-hydrogen) atoms. The predicted molar refractivity (Wildman–Crippen MR) is 129 cm³/mol. The highest BCUT2D eigenvalue weighted by atomic mass is 16.7. The lowest BCUT2D eigenvalue weighted by Gasteiger charge is -2.57. The number of rotatable bonds is 7. The predicted octanol–water partition coefficient (Wildman–Crippen LogP) is -0.0346. The van der Waals surface area contributed by atoms with E-state index in [-0.39, 0.29) is 18.4 Å². The molecule has 2 aliphatic heterocycles. The molecule has 1 unspecified atom stereocenters. The van der Waals surface area contributed by atoms with Crippen LogP contribution in [0.1, 0.15) is 44.8 Å². The third kappa shape index (κ3) is 4.42. The Hall–Kier alpha value is -2.32. The third-order valence-electron chi connectivity index (χ3n) is 9.49. The molecule has 3 heterocycles. The van der Waals surface area contributed by atoms with Crippen molar-refractivity contribution >= 4 is 11.9 Å². The summed E-state index contributed by atoms with van der Waals surface area (Å²) in [6.45, 7) is 3.14. The van der Waals surface area contributed by atoms with E-state index in [0.29, 0.717) is 12.0 Å². The number of furan rings is 1. The first-order chi connectivity index (χ1) is 18.4. The molecule has 0 spiro atoms. The molecule has 12 atom stereocenters. The van der Waals surface area contributed by atoms with Crippen molar-refractivity contribution in [3.05, 3.63) is 35.8 Å². The minimum Gasteiger partial charge on any atom is -0.472 e. The molecule has 2 bridgehead atoms. The lowest BCUT2D eigenvalue weighted by molar-refractivity contribution is -0.315. The van der Waals surface area contributed by atoms with Gasteiger partial charge in [-0.2, -0.15) is 0 Å². The van der Waals surface area contributed by atoms with E-state index in [4.69, 9.17) is 23.4 Å². The van der Waals surface area contributed by atoms with Gasteiger partial charge in [-0.15, -0.1) is 0 Å². The van der Waals surface area contributed by atoms with Crippen LogP contribution in [0.4, 0.5) is 0 Å². The van der Waals surface area contributed by atoms with E-state index in [9.17, 15) is 35.1 Å². The van der Waals surface area contributed by atoms with E-state index >= 15 is 0 Å². The Labute approximate surface area is 225 Å². The Morgan fingerprint density at radius 2 is 1.90 bits per heavy atom. The first kappa shape index (κ1) is 28.2. The van der Waals surface area contributed by atoms with Gasteiger partial charge in [0.05, 0.1) is 44.4 Å². The Kier molecular flexibility index (Phi) is 7.42. The lowest BCUT2D eigenvalue weighted by Crippen LogP contribution is -2.60.